The summed E-state index contributed by atoms with van der Waals surface area (Å²) in [6.45, 7) is 5.67. The van der Waals surface area contributed by atoms with Crippen LogP contribution in [0.3, 0.4) is 0 Å². The number of rotatable bonds is 5. The second kappa shape index (κ2) is 7.76. The summed E-state index contributed by atoms with van der Waals surface area (Å²) in [6, 6.07) is 3.49. The minimum Gasteiger partial charge on any atom is -0.379 e. The zero-order valence-corrected chi connectivity index (χ0v) is 15.1. The van der Waals surface area contributed by atoms with Crippen molar-refractivity contribution < 1.29 is 14.3 Å². The molecule has 0 spiro atoms. The molecule has 1 saturated carbocycles. The van der Waals surface area contributed by atoms with Crippen molar-refractivity contribution in [3.63, 3.8) is 0 Å². The van der Waals surface area contributed by atoms with Gasteiger partial charge in [0.1, 0.15) is 0 Å². The van der Waals surface area contributed by atoms with Gasteiger partial charge in [-0.2, -0.15) is 0 Å². The van der Waals surface area contributed by atoms with Crippen LogP contribution in [0, 0.1) is 0 Å². The minimum atomic E-state index is -0.0642. The summed E-state index contributed by atoms with van der Waals surface area (Å²) >= 11 is 1.28. The molecule has 5 nitrogen and oxygen atoms in total. The highest BCUT2D eigenvalue weighted by molar-refractivity contribution is 7.15. The molecule has 3 rings (SSSR count). The van der Waals surface area contributed by atoms with Gasteiger partial charge in [-0.1, -0.05) is 19.3 Å². The number of carbonyl (C=O) groups excluding carboxylic acids is 2. The highest BCUT2D eigenvalue weighted by atomic mass is 32.1. The molecule has 1 aromatic rings. The minimum absolute atomic E-state index is 0.0103. The summed E-state index contributed by atoms with van der Waals surface area (Å²) in [5, 5.41) is 3.14. The van der Waals surface area contributed by atoms with E-state index in [0.29, 0.717) is 16.3 Å². The molecule has 1 aromatic heterocycles. The number of thiophene rings is 1. The smallest absolute Gasteiger partial charge is 0.261 e. The molecule has 0 aromatic carbocycles. The highest BCUT2D eigenvalue weighted by Crippen LogP contribution is 2.34. The summed E-state index contributed by atoms with van der Waals surface area (Å²) in [5.41, 5.74) is 0.0678. The van der Waals surface area contributed by atoms with Gasteiger partial charge in [0.15, 0.2) is 5.78 Å². The number of nitrogens with zero attached hydrogens (tertiary/aromatic N) is 1. The summed E-state index contributed by atoms with van der Waals surface area (Å²) in [4.78, 5) is 27.7. The lowest BCUT2D eigenvalue weighted by atomic mass is 9.79. The topological polar surface area (TPSA) is 58.6 Å². The van der Waals surface area contributed by atoms with Crippen LogP contribution < -0.4 is 5.32 Å². The van der Waals surface area contributed by atoms with Crippen LogP contribution in [0.4, 0.5) is 0 Å². The Hall–Kier alpha value is -1.24. The lowest BCUT2D eigenvalue weighted by Crippen LogP contribution is -2.59. The van der Waals surface area contributed by atoms with Crippen LogP contribution in [0.5, 0.6) is 0 Å². The van der Waals surface area contributed by atoms with E-state index in [0.717, 1.165) is 39.1 Å². The second-order valence-corrected chi connectivity index (χ2v) is 7.87. The molecule has 0 bridgehead atoms. The molecule has 2 heterocycles. The van der Waals surface area contributed by atoms with Crippen LogP contribution in [-0.4, -0.2) is 55.0 Å². The van der Waals surface area contributed by atoms with Crippen LogP contribution in [0.25, 0.3) is 0 Å². The van der Waals surface area contributed by atoms with Gasteiger partial charge in [0, 0.05) is 25.2 Å². The maximum Gasteiger partial charge on any atom is 0.261 e. The fourth-order valence-electron chi connectivity index (χ4n) is 3.83. The summed E-state index contributed by atoms with van der Waals surface area (Å²) < 4.78 is 5.50. The number of Topliss-reactive ketones (excluding diaryl/α,β-unsaturated/α-hetero) is 1. The van der Waals surface area contributed by atoms with Gasteiger partial charge in [-0.3, -0.25) is 14.5 Å². The number of amides is 1. The van der Waals surface area contributed by atoms with Crippen molar-refractivity contribution in [1.82, 2.24) is 10.2 Å². The molecule has 1 aliphatic heterocycles. The third-order valence-corrected chi connectivity index (χ3v) is 6.41. The van der Waals surface area contributed by atoms with Crippen molar-refractivity contribution in [2.75, 3.05) is 32.8 Å². The van der Waals surface area contributed by atoms with Crippen molar-refractivity contribution in [3.05, 3.63) is 21.9 Å². The van der Waals surface area contributed by atoms with Gasteiger partial charge in [0.25, 0.3) is 5.91 Å². The van der Waals surface area contributed by atoms with E-state index in [4.69, 9.17) is 4.74 Å². The Balaban J connectivity index is 1.66. The van der Waals surface area contributed by atoms with Gasteiger partial charge in [0.2, 0.25) is 0 Å². The summed E-state index contributed by atoms with van der Waals surface area (Å²) in [6.07, 6.45) is 6.00. The molecule has 0 unspecified atom stereocenters. The number of hydrogen-bond acceptors (Lipinski definition) is 5. The predicted octanol–water partition coefficient (Wildman–Crippen LogP) is 2.72. The van der Waals surface area contributed by atoms with Gasteiger partial charge in [0.05, 0.1) is 23.0 Å². The first-order chi connectivity index (χ1) is 11.6. The molecule has 0 radical (unpaired) electrons. The number of nitrogens with one attached hydrogen (secondary N) is 1. The van der Waals surface area contributed by atoms with E-state index < -0.39 is 0 Å². The summed E-state index contributed by atoms with van der Waals surface area (Å²) in [7, 11) is 0. The first-order valence-electron chi connectivity index (χ1n) is 8.82. The average Bonchev–Trinajstić information content (AvgIpc) is 3.12. The van der Waals surface area contributed by atoms with Crippen molar-refractivity contribution in [2.45, 2.75) is 44.6 Å². The van der Waals surface area contributed by atoms with E-state index >= 15 is 0 Å². The fourth-order valence-corrected chi connectivity index (χ4v) is 4.65. The molecule has 2 aliphatic rings. The maximum atomic E-state index is 12.5. The molecule has 2 fully saturated rings. The van der Waals surface area contributed by atoms with Crippen molar-refractivity contribution >= 4 is 23.0 Å². The predicted molar refractivity (Wildman–Crippen MR) is 94.9 cm³/mol. The van der Waals surface area contributed by atoms with E-state index in [1.54, 1.807) is 12.1 Å². The molecular formula is C18H26N2O3S. The lowest BCUT2D eigenvalue weighted by molar-refractivity contribution is -0.0361. The quantitative estimate of drug-likeness (QED) is 0.830. The number of ether oxygens (including phenoxy) is 1. The van der Waals surface area contributed by atoms with Crippen molar-refractivity contribution in [3.8, 4) is 0 Å². The van der Waals surface area contributed by atoms with E-state index in [-0.39, 0.29) is 17.2 Å². The van der Waals surface area contributed by atoms with Crippen molar-refractivity contribution in [1.29, 1.82) is 0 Å². The lowest BCUT2D eigenvalue weighted by Gasteiger charge is -2.48. The van der Waals surface area contributed by atoms with Crippen LogP contribution in [0.15, 0.2) is 12.1 Å². The fraction of sp³-hybridized carbons (Fsp3) is 0.667. The Bertz CT molecular complexity index is 587. The SMILES string of the molecule is CC(=O)c1ccc(C(=O)NCC2(N3CCOCC3)CCCCC2)s1. The van der Waals surface area contributed by atoms with Crippen LogP contribution in [0.1, 0.15) is 58.4 Å². The molecule has 1 aliphatic carbocycles. The molecule has 1 amide bonds. The Morgan fingerprint density at radius 3 is 2.46 bits per heavy atom. The number of hydrogen-bond donors (Lipinski definition) is 1. The van der Waals surface area contributed by atoms with Gasteiger partial charge >= 0.3 is 0 Å². The third-order valence-electron chi connectivity index (χ3n) is 5.22. The van der Waals surface area contributed by atoms with Crippen LogP contribution in [-0.2, 0) is 4.74 Å². The van der Waals surface area contributed by atoms with Crippen LogP contribution in [0.2, 0.25) is 0 Å². The standard InChI is InChI=1S/C18H26N2O3S/c1-14(21)15-5-6-16(24-15)17(22)19-13-18(7-3-2-4-8-18)20-9-11-23-12-10-20/h5-6H,2-4,7-13H2,1H3,(H,19,22). The molecule has 132 valence electrons. The monoisotopic (exact) mass is 350 g/mol. The van der Waals surface area contributed by atoms with E-state index in [1.807, 2.05) is 0 Å². The maximum absolute atomic E-state index is 12.5. The van der Waals surface area contributed by atoms with E-state index in [2.05, 4.69) is 10.2 Å². The number of ketones is 1. The Labute approximate surface area is 147 Å². The molecule has 1 N–H and O–H groups in total. The highest BCUT2D eigenvalue weighted by Gasteiger charge is 2.38. The first kappa shape index (κ1) is 17.6. The Morgan fingerprint density at radius 1 is 1.17 bits per heavy atom. The largest absolute Gasteiger partial charge is 0.379 e. The third kappa shape index (κ3) is 3.87. The Kier molecular flexibility index (Phi) is 5.69. The van der Waals surface area contributed by atoms with E-state index in [1.165, 1.54) is 37.5 Å². The Morgan fingerprint density at radius 2 is 1.83 bits per heavy atom. The number of morpholine rings is 1. The van der Waals surface area contributed by atoms with Gasteiger partial charge < -0.3 is 10.1 Å². The molecular weight excluding hydrogens is 324 g/mol. The van der Waals surface area contributed by atoms with Gasteiger partial charge in [-0.05, 0) is 31.9 Å². The average molecular weight is 350 g/mol. The van der Waals surface area contributed by atoms with Gasteiger partial charge in [-0.15, -0.1) is 11.3 Å². The normalized spacial score (nSPS) is 21.4. The summed E-state index contributed by atoms with van der Waals surface area (Å²) in [5.74, 6) is -0.0539. The molecule has 0 atom stereocenters. The van der Waals surface area contributed by atoms with Crippen molar-refractivity contribution in [2.24, 2.45) is 0 Å². The second-order valence-electron chi connectivity index (χ2n) is 6.79. The number of carbonyl (C=O) groups is 2. The first-order valence-corrected chi connectivity index (χ1v) is 9.64. The van der Waals surface area contributed by atoms with E-state index in [9.17, 15) is 9.59 Å². The zero-order chi connectivity index (χ0) is 17.0. The molecule has 6 heteroatoms. The molecule has 24 heavy (non-hydrogen) atoms. The van der Waals surface area contributed by atoms with Crippen LogP contribution >= 0.6 is 11.3 Å². The zero-order valence-electron chi connectivity index (χ0n) is 14.3. The van der Waals surface area contributed by atoms with Gasteiger partial charge in [-0.25, -0.2) is 0 Å². The molecule has 1 saturated heterocycles.